The standard InChI is InChI=1S/C17H18Cl2N2.C5H9NO2/c1-20-13-5-3-4-11(6-13)15-9-21(2)10-16-14(15)7-12(18)8-17(16)19;7-5(8)6-3-1-2-4-6/h3-8,15,20H,9-10H2,1-2H3;1-4H2,(H,7,8). The number of hydrogen-bond acceptors (Lipinski definition) is 3. The first-order valence-corrected chi connectivity index (χ1v) is 10.6. The van der Waals surface area contributed by atoms with Crippen LogP contribution in [0.5, 0.6) is 0 Å². The molecule has 5 nitrogen and oxygen atoms in total. The van der Waals surface area contributed by atoms with Crippen LogP contribution >= 0.6 is 23.2 Å². The van der Waals surface area contributed by atoms with Gasteiger partial charge in [-0.25, -0.2) is 4.79 Å². The summed E-state index contributed by atoms with van der Waals surface area (Å²) in [6, 6.07) is 12.4. The van der Waals surface area contributed by atoms with E-state index in [9.17, 15) is 4.79 Å². The van der Waals surface area contributed by atoms with Crippen molar-refractivity contribution in [1.82, 2.24) is 9.80 Å². The van der Waals surface area contributed by atoms with E-state index in [1.807, 2.05) is 13.1 Å². The lowest BCUT2D eigenvalue weighted by Gasteiger charge is -2.33. The Kier molecular flexibility index (Phi) is 7.28. The van der Waals surface area contributed by atoms with Crippen LogP contribution in [-0.4, -0.2) is 54.7 Å². The van der Waals surface area contributed by atoms with Gasteiger partial charge in [-0.2, -0.15) is 0 Å². The fraction of sp³-hybridized carbons (Fsp3) is 0.409. The van der Waals surface area contributed by atoms with E-state index >= 15 is 0 Å². The fourth-order valence-corrected chi connectivity index (χ4v) is 4.52. The molecule has 29 heavy (non-hydrogen) atoms. The third kappa shape index (κ3) is 5.35. The molecule has 1 unspecified atom stereocenters. The predicted octanol–water partition coefficient (Wildman–Crippen LogP) is 5.37. The molecule has 1 fully saturated rings. The summed E-state index contributed by atoms with van der Waals surface area (Å²) in [5.74, 6) is 0.295. The van der Waals surface area contributed by atoms with Crippen molar-refractivity contribution >= 4 is 35.0 Å². The third-order valence-corrected chi connectivity index (χ3v) is 6.00. The van der Waals surface area contributed by atoms with Gasteiger partial charge in [-0.15, -0.1) is 0 Å². The molecule has 2 aromatic carbocycles. The maximum Gasteiger partial charge on any atom is 0.407 e. The molecule has 2 aromatic rings. The maximum atomic E-state index is 10.1. The van der Waals surface area contributed by atoms with Crippen LogP contribution in [0, 0.1) is 0 Å². The van der Waals surface area contributed by atoms with Crippen molar-refractivity contribution in [3.05, 3.63) is 63.1 Å². The van der Waals surface area contributed by atoms with Crippen LogP contribution in [0.3, 0.4) is 0 Å². The number of halogens is 2. The van der Waals surface area contributed by atoms with Crippen LogP contribution < -0.4 is 5.32 Å². The Morgan fingerprint density at radius 1 is 1.17 bits per heavy atom. The van der Waals surface area contributed by atoms with Gasteiger partial charge in [0, 0.05) is 54.9 Å². The number of nitrogens with one attached hydrogen (secondary N) is 1. The minimum atomic E-state index is -0.775. The Balaban J connectivity index is 0.000000252. The van der Waals surface area contributed by atoms with Crippen molar-refractivity contribution < 1.29 is 9.90 Å². The molecule has 2 N–H and O–H groups in total. The molecule has 0 spiro atoms. The summed E-state index contributed by atoms with van der Waals surface area (Å²) in [7, 11) is 4.07. The monoisotopic (exact) mass is 435 g/mol. The lowest BCUT2D eigenvalue weighted by molar-refractivity contribution is 0.156. The number of benzene rings is 2. The van der Waals surface area contributed by atoms with E-state index < -0.39 is 6.09 Å². The molecular formula is C22H27Cl2N3O2. The summed E-state index contributed by atoms with van der Waals surface area (Å²) in [5, 5.41) is 13.0. The summed E-state index contributed by atoms with van der Waals surface area (Å²) in [6.07, 6.45) is 1.29. The molecule has 0 bridgehead atoms. The number of carboxylic acid groups (broad SMARTS) is 1. The Hall–Kier alpha value is -1.95. The molecule has 2 aliphatic rings. The van der Waals surface area contributed by atoms with Gasteiger partial charge in [0.2, 0.25) is 0 Å². The molecule has 2 aliphatic heterocycles. The van der Waals surface area contributed by atoms with Crippen LogP contribution in [0.15, 0.2) is 36.4 Å². The quantitative estimate of drug-likeness (QED) is 0.665. The Bertz CT molecular complexity index is 869. The Morgan fingerprint density at radius 2 is 1.90 bits per heavy atom. The second-order valence-electron chi connectivity index (χ2n) is 7.56. The largest absolute Gasteiger partial charge is 0.465 e. The number of likely N-dealkylation sites (tertiary alicyclic amines) is 1. The molecule has 1 saturated heterocycles. The van der Waals surface area contributed by atoms with E-state index in [1.165, 1.54) is 21.6 Å². The molecule has 7 heteroatoms. The highest BCUT2D eigenvalue weighted by atomic mass is 35.5. The van der Waals surface area contributed by atoms with Gasteiger partial charge in [-0.05, 0) is 60.8 Å². The normalized spacial score (nSPS) is 18.6. The number of anilines is 1. The molecule has 2 heterocycles. The molecule has 0 aliphatic carbocycles. The van der Waals surface area contributed by atoms with E-state index in [0.717, 1.165) is 49.7 Å². The number of rotatable bonds is 2. The topological polar surface area (TPSA) is 55.8 Å². The zero-order valence-corrected chi connectivity index (χ0v) is 18.3. The van der Waals surface area contributed by atoms with E-state index in [2.05, 4.69) is 47.6 Å². The van der Waals surface area contributed by atoms with Crippen molar-refractivity contribution in [2.24, 2.45) is 0 Å². The zero-order valence-electron chi connectivity index (χ0n) is 16.8. The van der Waals surface area contributed by atoms with Crippen molar-refractivity contribution in [3.63, 3.8) is 0 Å². The molecular weight excluding hydrogens is 409 g/mol. The number of likely N-dealkylation sites (N-methyl/N-ethyl adjacent to an activating group) is 1. The van der Waals surface area contributed by atoms with Crippen LogP contribution in [0.2, 0.25) is 10.0 Å². The summed E-state index contributed by atoms with van der Waals surface area (Å²) in [6.45, 7) is 3.30. The molecule has 0 aromatic heterocycles. The van der Waals surface area contributed by atoms with Gasteiger partial charge in [0.05, 0.1) is 0 Å². The maximum absolute atomic E-state index is 10.1. The zero-order chi connectivity index (χ0) is 21.0. The first-order valence-electron chi connectivity index (χ1n) is 9.81. The van der Waals surface area contributed by atoms with E-state index in [-0.39, 0.29) is 0 Å². The van der Waals surface area contributed by atoms with Crippen LogP contribution in [0.4, 0.5) is 10.5 Å². The average molecular weight is 436 g/mol. The van der Waals surface area contributed by atoms with E-state index in [0.29, 0.717) is 10.9 Å². The second-order valence-corrected chi connectivity index (χ2v) is 8.40. The van der Waals surface area contributed by atoms with Crippen LogP contribution in [-0.2, 0) is 6.54 Å². The van der Waals surface area contributed by atoms with Gasteiger partial charge >= 0.3 is 6.09 Å². The minimum Gasteiger partial charge on any atom is -0.465 e. The molecule has 4 rings (SSSR count). The average Bonchev–Trinajstić information content (AvgIpc) is 3.24. The highest BCUT2D eigenvalue weighted by Gasteiger charge is 2.27. The van der Waals surface area contributed by atoms with E-state index in [4.69, 9.17) is 28.3 Å². The third-order valence-electron chi connectivity index (χ3n) is 5.45. The lowest BCUT2D eigenvalue weighted by Crippen LogP contribution is -2.31. The van der Waals surface area contributed by atoms with Gasteiger partial charge in [0.1, 0.15) is 0 Å². The summed E-state index contributed by atoms with van der Waals surface area (Å²) in [5.41, 5.74) is 4.84. The lowest BCUT2D eigenvalue weighted by atomic mass is 9.84. The summed E-state index contributed by atoms with van der Waals surface area (Å²) in [4.78, 5) is 13.9. The number of fused-ring (bicyclic) bond motifs is 1. The number of carbonyl (C=O) groups is 1. The summed E-state index contributed by atoms with van der Waals surface area (Å²) < 4.78 is 0. The molecule has 0 radical (unpaired) electrons. The van der Waals surface area contributed by atoms with Crippen molar-refractivity contribution in [2.45, 2.75) is 25.3 Å². The minimum absolute atomic E-state index is 0.295. The Morgan fingerprint density at radius 3 is 2.52 bits per heavy atom. The smallest absolute Gasteiger partial charge is 0.407 e. The highest BCUT2D eigenvalue weighted by molar-refractivity contribution is 6.35. The highest BCUT2D eigenvalue weighted by Crippen LogP contribution is 2.38. The SMILES string of the molecule is CNc1cccc(C2CN(C)Cc3c(Cl)cc(Cl)cc32)c1.O=C(O)N1CCCC1. The number of amides is 1. The first kappa shape index (κ1) is 21.8. The predicted molar refractivity (Wildman–Crippen MR) is 119 cm³/mol. The van der Waals surface area contributed by atoms with Crippen LogP contribution in [0.25, 0.3) is 0 Å². The molecule has 156 valence electrons. The van der Waals surface area contributed by atoms with Gasteiger partial charge < -0.3 is 20.2 Å². The van der Waals surface area contributed by atoms with E-state index in [1.54, 1.807) is 0 Å². The van der Waals surface area contributed by atoms with Gasteiger partial charge in [0.25, 0.3) is 0 Å². The fourth-order valence-electron chi connectivity index (χ4n) is 3.95. The van der Waals surface area contributed by atoms with Crippen molar-refractivity contribution in [3.8, 4) is 0 Å². The second kappa shape index (κ2) is 9.70. The summed E-state index contributed by atoms with van der Waals surface area (Å²) >= 11 is 12.6. The first-order chi connectivity index (χ1) is 13.9. The van der Waals surface area contributed by atoms with Gasteiger partial charge in [-0.3, -0.25) is 0 Å². The van der Waals surface area contributed by atoms with Crippen molar-refractivity contribution in [2.75, 3.05) is 39.0 Å². The molecule has 0 saturated carbocycles. The van der Waals surface area contributed by atoms with Gasteiger partial charge in [0.15, 0.2) is 0 Å². The Labute approximate surface area is 182 Å². The van der Waals surface area contributed by atoms with Crippen molar-refractivity contribution in [1.29, 1.82) is 0 Å². The van der Waals surface area contributed by atoms with Crippen LogP contribution in [0.1, 0.15) is 35.4 Å². The number of nitrogens with zero attached hydrogens (tertiary/aromatic N) is 2. The molecule has 1 amide bonds. The molecule has 1 atom stereocenters. The number of hydrogen-bond donors (Lipinski definition) is 2. The van der Waals surface area contributed by atoms with Gasteiger partial charge in [-0.1, -0.05) is 35.3 Å².